The van der Waals surface area contributed by atoms with E-state index < -0.39 is 29.9 Å². The highest BCUT2D eigenvalue weighted by Crippen LogP contribution is 2.24. The van der Waals surface area contributed by atoms with E-state index in [9.17, 15) is 24.0 Å². The molecule has 0 radical (unpaired) electrons. The predicted molar refractivity (Wildman–Crippen MR) is 142 cm³/mol. The van der Waals surface area contributed by atoms with Crippen molar-refractivity contribution in [2.45, 2.75) is 104 Å². The highest BCUT2D eigenvalue weighted by atomic mass is 16.2. The van der Waals surface area contributed by atoms with Crippen LogP contribution in [0.5, 0.6) is 0 Å². The lowest BCUT2D eigenvalue weighted by Gasteiger charge is -2.28. The Bertz CT molecular complexity index is 819. The van der Waals surface area contributed by atoms with E-state index in [-0.39, 0.29) is 36.0 Å². The number of aldehydes is 1. The highest BCUT2D eigenvalue weighted by molar-refractivity contribution is 5.95. The first kappa shape index (κ1) is 30.5. The average Bonchev–Trinajstić information content (AvgIpc) is 2.86. The molecule has 1 aliphatic carbocycles. The minimum Gasteiger partial charge on any atom is -0.356 e. The lowest BCUT2D eigenvalue weighted by atomic mass is 9.89. The molecule has 0 unspecified atom stereocenters. The van der Waals surface area contributed by atoms with Gasteiger partial charge in [-0.1, -0.05) is 53.0 Å². The van der Waals surface area contributed by atoms with Gasteiger partial charge in [0.25, 0.3) is 0 Å². The largest absolute Gasteiger partial charge is 0.356 e. The van der Waals surface area contributed by atoms with Crippen molar-refractivity contribution in [1.29, 1.82) is 0 Å². The highest BCUT2D eigenvalue weighted by Gasteiger charge is 2.31. The SMILES string of the molecule is CC(C)C[C@H](NC(=O)[C@@H](NC(=O)/C=C/C1CCCCC1)C(C)C)C(=O)N[C@H](C=O)C[C@@H]1CCCNC1=O. The van der Waals surface area contributed by atoms with Crippen LogP contribution in [0.4, 0.5) is 0 Å². The van der Waals surface area contributed by atoms with Crippen molar-refractivity contribution in [1.82, 2.24) is 21.3 Å². The summed E-state index contributed by atoms with van der Waals surface area (Å²) in [6.07, 6.45) is 11.9. The third-order valence-corrected chi connectivity index (χ3v) is 7.19. The van der Waals surface area contributed by atoms with Crippen molar-refractivity contribution in [2.75, 3.05) is 6.54 Å². The average molecular weight is 519 g/mol. The van der Waals surface area contributed by atoms with Crippen LogP contribution in [0.15, 0.2) is 12.2 Å². The predicted octanol–water partition coefficient (Wildman–Crippen LogP) is 2.39. The summed E-state index contributed by atoms with van der Waals surface area (Å²) < 4.78 is 0. The fourth-order valence-corrected chi connectivity index (χ4v) is 5.05. The summed E-state index contributed by atoms with van der Waals surface area (Å²) in [5.41, 5.74) is 0. The molecular formula is C28H46N4O5. The van der Waals surface area contributed by atoms with Gasteiger partial charge in [0, 0.05) is 12.5 Å². The van der Waals surface area contributed by atoms with Gasteiger partial charge >= 0.3 is 0 Å². The Hall–Kier alpha value is -2.71. The minimum absolute atomic E-state index is 0.0976. The molecule has 0 aromatic rings. The molecule has 0 aromatic heterocycles. The van der Waals surface area contributed by atoms with Gasteiger partial charge in [0.05, 0.1) is 6.04 Å². The number of carbonyl (C=O) groups excluding carboxylic acids is 5. The molecule has 2 fully saturated rings. The van der Waals surface area contributed by atoms with Crippen molar-refractivity contribution in [3.05, 3.63) is 12.2 Å². The Balaban J connectivity index is 2.00. The van der Waals surface area contributed by atoms with E-state index in [4.69, 9.17) is 0 Å². The maximum absolute atomic E-state index is 13.2. The molecule has 2 aliphatic rings. The summed E-state index contributed by atoms with van der Waals surface area (Å²) in [7, 11) is 0. The number of carbonyl (C=O) groups is 5. The van der Waals surface area contributed by atoms with Gasteiger partial charge in [-0.15, -0.1) is 0 Å². The van der Waals surface area contributed by atoms with Gasteiger partial charge in [-0.2, -0.15) is 0 Å². The van der Waals surface area contributed by atoms with E-state index in [0.717, 1.165) is 19.3 Å². The Morgan fingerprint density at radius 3 is 2.24 bits per heavy atom. The zero-order valence-electron chi connectivity index (χ0n) is 22.9. The summed E-state index contributed by atoms with van der Waals surface area (Å²) >= 11 is 0. The number of hydrogen-bond donors (Lipinski definition) is 4. The second-order valence-electron chi connectivity index (χ2n) is 11.3. The van der Waals surface area contributed by atoms with E-state index in [1.807, 2.05) is 33.8 Å². The topological polar surface area (TPSA) is 133 Å². The number of hydrogen-bond acceptors (Lipinski definition) is 5. The molecule has 9 nitrogen and oxygen atoms in total. The van der Waals surface area contributed by atoms with Crippen LogP contribution in [-0.4, -0.2) is 54.6 Å². The fourth-order valence-electron chi connectivity index (χ4n) is 5.05. The van der Waals surface area contributed by atoms with Gasteiger partial charge in [-0.05, 0) is 62.4 Å². The van der Waals surface area contributed by atoms with Gasteiger partial charge in [0.15, 0.2) is 0 Å². The first-order chi connectivity index (χ1) is 17.6. The number of piperidine rings is 1. The molecule has 0 spiro atoms. The number of amides is 4. The van der Waals surface area contributed by atoms with E-state index in [0.29, 0.717) is 31.6 Å². The summed E-state index contributed by atoms with van der Waals surface area (Å²) in [5, 5.41) is 11.1. The lowest BCUT2D eigenvalue weighted by molar-refractivity contribution is -0.133. The van der Waals surface area contributed by atoms with Gasteiger partial charge in [-0.25, -0.2) is 0 Å². The molecule has 4 atom stereocenters. The number of rotatable bonds is 13. The first-order valence-electron chi connectivity index (χ1n) is 13.9. The van der Waals surface area contributed by atoms with Crippen LogP contribution in [0.3, 0.4) is 0 Å². The Morgan fingerprint density at radius 1 is 0.946 bits per heavy atom. The number of nitrogens with one attached hydrogen (secondary N) is 4. The normalized spacial score (nSPS) is 21.2. The second-order valence-corrected chi connectivity index (χ2v) is 11.3. The molecule has 1 aliphatic heterocycles. The van der Waals surface area contributed by atoms with E-state index in [2.05, 4.69) is 21.3 Å². The lowest BCUT2D eigenvalue weighted by Crippen LogP contribution is -2.56. The summed E-state index contributed by atoms with van der Waals surface area (Å²) in [6.45, 7) is 8.18. The van der Waals surface area contributed by atoms with Crippen LogP contribution in [0.2, 0.25) is 0 Å². The van der Waals surface area contributed by atoms with Crippen LogP contribution in [0.25, 0.3) is 0 Å². The van der Waals surface area contributed by atoms with Crippen LogP contribution in [-0.2, 0) is 24.0 Å². The molecule has 37 heavy (non-hydrogen) atoms. The molecule has 1 saturated carbocycles. The molecule has 208 valence electrons. The Kier molecular flexibility index (Phi) is 12.8. The van der Waals surface area contributed by atoms with Gasteiger partial charge in [0.2, 0.25) is 23.6 Å². The molecule has 1 saturated heterocycles. The molecule has 2 rings (SSSR count). The molecule has 4 N–H and O–H groups in total. The van der Waals surface area contributed by atoms with Crippen LogP contribution >= 0.6 is 0 Å². The number of allylic oxidation sites excluding steroid dienone is 1. The molecule has 0 aromatic carbocycles. The monoisotopic (exact) mass is 518 g/mol. The van der Waals surface area contributed by atoms with Crippen LogP contribution in [0, 0.1) is 23.7 Å². The Labute approximate surface area is 221 Å². The fraction of sp³-hybridized carbons (Fsp3) is 0.750. The van der Waals surface area contributed by atoms with Crippen molar-refractivity contribution in [2.24, 2.45) is 23.7 Å². The van der Waals surface area contributed by atoms with Crippen molar-refractivity contribution in [3.8, 4) is 0 Å². The Morgan fingerprint density at radius 2 is 1.65 bits per heavy atom. The molecule has 0 bridgehead atoms. The van der Waals surface area contributed by atoms with Crippen LogP contribution in [0.1, 0.15) is 85.5 Å². The second kappa shape index (κ2) is 15.5. The summed E-state index contributed by atoms with van der Waals surface area (Å²) in [4.78, 5) is 62.7. The van der Waals surface area contributed by atoms with Crippen molar-refractivity contribution < 1.29 is 24.0 Å². The molecule has 9 heteroatoms. The maximum Gasteiger partial charge on any atom is 0.244 e. The standard InChI is InChI=1S/C28H46N4O5/c1-18(2)15-23(27(36)30-22(17-33)16-21-11-8-14-29-26(21)35)31-28(37)25(19(3)4)32-24(34)13-12-20-9-6-5-7-10-20/h12-13,17-23,25H,5-11,14-16H2,1-4H3,(H,29,35)(H,30,36)(H,31,37)(H,32,34)/b13-12+/t21-,22-,23-,25-/m0/s1. The van der Waals surface area contributed by atoms with E-state index >= 15 is 0 Å². The zero-order chi connectivity index (χ0) is 27.4. The third-order valence-electron chi connectivity index (χ3n) is 7.19. The molecular weight excluding hydrogens is 472 g/mol. The van der Waals surface area contributed by atoms with Gasteiger partial charge in [0.1, 0.15) is 18.4 Å². The van der Waals surface area contributed by atoms with E-state index in [1.165, 1.54) is 25.3 Å². The van der Waals surface area contributed by atoms with E-state index in [1.54, 1.807) is 0 Å². The quantitative estimate of drug-likeness (QED) is 0.219. The van der Waals surface area contributed by atoms with Crippen molar-refractivity contribution in [3.63, 3.8) is 0 Å². The smallest absolute Gasteiger partial charge is 0.244 e. The molecule has 1 heterocycles. The third kappa shape index (κ3) is 10.7. The summed E-state index contributed by atoms with van der Waals surface area (Å²) in [5.74, 6) is -1.36. The van der Waals surface area contributed by atoms with Gasteiger partial charge < -0.3 is 26.1 Å². The van der Waals surface area contributed by atoms with Crippen molar-refractivity contribution >= 4 is 29.9 Å². The van der Waals surface area contributed by atoms with Gasteiger partial charge in [-0.3, -0.25) is 19.2 Å². The first-order valence-corrected chi connectivity index (χ1v) is 13.9. The minimum atomic E-state index is -0.869. The maximum atomic E-state index is 13.2. The van der Waals surface area contributed by atoms with Crippen LogP contribution < -0.4 is 21.3 Å². The summed E-state index contributed by atoms with van der Waals surface area (Å²) in [6, 6.07) is -2.50. The zero-order valence-corrected chi connectivity index (χ0v) is 22.9. The molecule has 4 amide bonds.